The van der Waals surface area contributed by atoms with Crippen molar-refractivity contribution in [3.05, 3.63) is 22.2 Å². The molecule has 1 aromatic carbocycles. The zero-order valence-electron chi connectivity index (χ0n) is 9.91. The van der Waals surface area contributed by atoms with Gasteiger partial charge in [-0.25, -0.2) is 0 Å². The third kappa shape index (κ3) is 1.72. The standard InChI is InChI=1S/C12H14ClNO3/c1-12(2,3)14-5-7-6(11(14)17)4-8(15)10(16)9(7)13/h4,15-16H,5H2,1-3H3. The van der Waals surface area contributed by atoms with Crippen LogP contribution in [0.5, 0.6) is 11.5 Å². The molecule has 0 saturated carbocycles. The molecule has 0 aliphatic carbocycles. The fourth-order valence-corrected chi connectivity index (χ4v) is 2.19. The van der Waals surface area contributed by atoms with Crippen LogP contribution in [0, 0.1) is 0 Å². The van der Waals surface area contributed by atoms with E-state index >= 15 is 0 Å². The van der Waals surface area contributed by atoms with E-state index in [1.807, 2.05) is 20.8 Å². The minimum absolute atomic E-state index is 0.0556. The first-order valence-corrected chi connectivity index (χ1v) is 5.66. The first kappa shape index (κ1) is 12.0. The summed E-state index contributed by atoms with van der Waals surface area (Å²) in [6, 6.07) is 1.27. The lowest BCUT2D eigenvalue weighted by atomic mass is 10.1. The molecule has 0 fully saturated rings. The fraction of sp³-hybridized carbons (Fsp3) is 0.417. The van der Waals surface area contributed by atoms with E-state index in [1.54, 1.807) is 4.90 Å². The van der Waals surface area contributed by atoms with E-state index in [1.165, 1.54) is 6.07 Å². The average Bonchev–Trinajstić information content (AvgIpc) is 2.53. The minimum Gasteiger partial charge on any atom is -0.504 e. The molecule has 0 radical (unpaired) electrons. The van der Waals surface area contributed by atoms with Crippen molar-refractivity contribution >= 4 is 17.5 Å². The predicted octanol–water partition coefficient (Wildman–Crippen LogP) is 2.51. The molecule has 1 aliphatic heterocycles. The third-order valence-corrected chi connectivity index (χ3v) is 3.33. The van der Waals surface area contributed by atoms with Gasteiger partial charge in [-0.3, -0.25) is 4.79 Å². The maximum absolute atomic E-state index is 12.1. The molecule has 0 atom stereocenters. The number of benzene rings is 1. The highest BCUT2D eigenvalue weighted by atomic mass is 35.5. The van der Waals surface area contributed by atoms with E-state index in [-0.39, 0.29) is 28.0 Å². The Morgan fingerprint density at radius 3 is 2.47 bits per heavy atom. The molecule has 5 heteroatoms. The van der Waals surface area contributed by atoms with Crippen molar-refractivity contribution in [2.45, 2.75) is 32.9 Å². The van der Waals surface area contributed by atoms with Gasteiger partial charge in [-0.1, -0.05) is 11.6 Å². The minimum atomic E-state index is -0.367. The number of fused-ring (bicyclic) bond motifs is 1. The van der Waals surface area contributed by atoms with Crippen LogP contribution >= 0.6 is 11.6 Å². The summed E-state index contributed by atoms with van der Waals surface area (Å²) < 4.78 is 0. The fourth-order valence-electron chi connectivity index (χ4n) is 1.93. The van der Waals surface area contributed by atoms with Crippen molar-refractivity contribution in [2.24, 2.45) is 0 Å². The number of amides is 1. The normalized spacial score (nSPS) is 15.3. The van der Waals surface area contributed by atoms with Crippen LogP contribution in [0.3, 0.4) is 0 Å². The van der Waals surface area contributed by atoms with Crippen LogP contribution in [0.25, 0.3) is 0 Å². The largest absolute Gasteiger partial charge is 0.504 e. The summed E-state index contributed by atoms with van der Waals surface area (Å²) in [4.78, 5) is 13.8. The van der Waals surface area contributed by atoms with Gasteiger partial charge >= 0.3 is 0 Å². The Hall–Kier alpha value is -1.42. The molecule has 1 amide bonds. The number of phenols is 2. The summed E-state index contributed by atoms with van der Waals surface area (Å²) in [5.74, 6) is -0.906. The number of rotatable bonds is 0. The quantitative estimate of drug-likeness (QED) is 0.701. The topological polar surface area (TPSA) is 60.8 Å². The van der Waals surface area contributed by atoms with Gasteiger partial charge in [0.15, 0.2) is 11.5 Å². The van der Waals surface area contributed by atoms with Gasteiger partial charge in [0.05, 0.1) is 5.02 Å². The summed E-state index contributed by atoms with van der Waals surface area (Å²) in [6.07, 6.45) is 0. The molecular formula is C12H14ClNO3. The Bertz CT molecular complexity index is 505. The Morgan fingerprint density at radius 2 is 1.94 bits per heavy atom. The number of nitrogens with zero attached hydrogens (tertiary/aromatic N) is 1. The van der Waals surface area contributed by atoms with Crippen molar-refractivity contribution in [3.63, 3.8) is 0 Å². The summed E-state index contributed by atoms with van der Waals surface area (Å²) in [5, 5.41) is 19.1. The first-order chi connectivity index (χ1) is 7.73. The van der Waals surface area contributed by atoms with Gasteiger partial charge in [-0.05, 0) is 26.8 Å². The van der Waals surface area contributed by atoms with Gasteiger partial charge in [0, 0.05) is 23.2 Å². The summed E-state index contributed by atoms with van der Waals surface area (Å²) >= 11 is 5.94. The molecule has 92 valence electrons. The molecule has 2 N–H and O–H groups in total. The van der Waals surface area contributed by atoms with Gasteiger partial charge < -0.3 is 15.1 Å². The number of hydrogen-bond acceptors (Lipinski definition) is 3. The highest BCUT2D eigenvalue weighted by Crippen LogP contribution is 2.42. The van der Waals surface area contributed by atoms with Crippen molar-refractivity contribution in [3.8, 4) is 11.5 Å². The van der Waals surface area contributed by atoms with Gasteiger partial charge in [-0.2, -0.15) is 0 Å². The molecule has 1 aliphatic rings. The zero-order chi connectivity index (χ0) is 13.0. The van der Waals surface area contributed by atoms with Gasteiger partial charge in [0.2, 0.25) is 0 Å². The predicted molar refractivity (Wildman–Crippen MR) is 64.4 cm³/mol. The second-order valence-electron chi connectivity index (χ2n) is 5.15. The Balaban J connectivity index is 2.57. The molecule has 1 heterocycles. The maximum Gasteiger partial charge on any atom is 0.255 e. The Labute approximate surface area is 104 Å². The highest BCUT2D eigenvalue weighted by molar-refractivity contribution is 6.33. The van der Waals surface area contributed by atoms with E-state index in [2.05, 4.69) is 0 Å². The number of carbonyl (C=O) groups is 1. The SMILES string of the molecule is CC(C)(C)N1Cc2c(cc(O)c(O)c2Cl)C1=O. The number of halogens is 1. The zero-order valence-corrected chi connectivity index (χ0v) is 10.7. The van der Waals surface area contributed by atoms with Crippen LogP contribution in [0.1, 0.15) is 36.7 Å². The van der Waals surface area contributed by atoms with Gasteiger partial charge in [0.25, 0.3) is 5.91 Å². The van der Waals surface area contributed by atoms with Crippen LogP contribution in [-0.4, -0.2) is 26.6 Å². The third-order valence-electron chi connectivity index (χ3n) is 2.92. The van der Waals surface area contributed by atoms with Crippen LogP contribution in [-0.2, 0) is 6.54 Å². The molecule has 1 aromatic rings. The molecule has 0 spiro atoms. The van der Waals surface area contributed by atoms with Crippen molar-refractivity contribution < 1.29 is 15.0 Å². The van der Waals surface area contributed by atoms with E-state index in [4.69, 9.17) is 11.6 Å². The smallest absolute Gasteiger partial charge is 0.255 e. The molecule has 17 heavy (non-hydrogen) atoms. The lowest BCUT2D eigenvalue weighted by Gasteiger charge is -2.31. The lowest BCUT2D eigenvalue weighted by molar-refractivity contribution is 0.0609. The molecule has 0 bridgehead atoms. The molecular weight excluding hydrogens is 242 g/mol. The molecule has 4 nitrogen and oxygen atoms in total. The average molecular weight is 256 g/mol. The Morgan fingerprint density at radius 1 is 1.35 bits per heavy atom. The second kappa shape index (κ2) is 3.53. The highest BCUT2D eigenvalue weighted by Gasteiger charge is 2.37. The van der Waals surface area contributed by atoms with E-state index < -0.39 is 0 Å². The second-order valence-corrected chi connectivity index (χ2v) is 5.52. The first-order valence-electron chi connectivity index (χ1n) is 5.28. The lowest BCUT2D eigenvalue weighted by Crippen LogP contribution is -2.41. The van der Waals surface area contributed by atoms with Gasteiger partial charge in [-0.15, -0.1) is 0 Å². The van der Waals surface area contributed by atoms with Gasteiger partial charge in [0.1, 0.15) is 0 Å². The number of aromatic hydroxyl groups is 2. The molecule has 0 saturated heterocycles. The van der Waals surface area contributed by atoms with Crippen molar-refractivity contribution in [1.29, 1.82) is 0 Å². The van der Waals surface area contributed by atoms with E-state index in [0.29, 0.717) is 17.7 Å². The summed E-state index contributed by atoms with van der Waals surface area (Å²) in [7, 11) is 0. The summed E-state index contributed by atoms with van der Waals surface area (Å²) in [5.41, 5.74) is 0.604. The Kier molecular flexibility index (Phi) is 2.51. The van der Waals surface area contributed by atoms with E-state index in [0.717, 1.165) is 0 Å². The summed E-state index contributed by atoms with van der Waals surface area (Å²) in [6.45, 7) is 6.11. The number of carbonyl (C=O) groups excluding carboxylic acids is 1. The van der Waals surface area contributed by atoms with Crippen molar-refractivity contribution in [1.82, 2.24) is 4.90 Å². The van der Waals surface area contributed by atoms with Crippen LogP contribution < -0.4 is 0 Å². The maximum atomic E-state index is 12.1. The molecule has 2 rings (SSSR count). The van der Waals surface area contributed by atoms with E-state index in [9.17, 15) is 15.0 Å². The van der Waals surface area contributed by atoms with Crippen LogP contribution in [0.4, 0.5) is 0 Å². The monoisotopic (exact) mass is 255 g/mol. The number of phenolic OH excluding ortho intramolecular Hbond substituents is 2. The molecule has 0 aromatic heterocycles. The van der Waals surface area contributed by atoms with Crippen LogP contribution in [0.2, 0.25) is 5.02 Å². The molecule has 0 unspecified atom stereocenters. The van der Waals surface area contributed by atoms with Crippen molar-refractivity contribution in [2.75, 3.05) is 0 Å². The van der Waals surface area contributed by atoms with Crippen LogP contribution in [0.15, 0.2) is 6.07 Å². The number of hydrogen-bond donors (Lipinski definition) is 2.